The summed E-state index contributed by atoms with van der Waals surface area (Å²) >= 11 is 0. The number of rotatable bonds is 8. The van der Waals surface area contributed by atoms with Crippen LogP contribution in [-0.4, -0.2) is 36.7 Å². The SMILES string of the molecule is Cc1cccc(C)c1Oc1ccc(NC/C=C/CN(C)C)cc1-c1cn(C)c(=O)c2ccccc12. The van der Waals surface area contributed by atoms with Crippen molar-refractivity contribution >= 4 is 16.5 Å². The molecule has 1 aromatic heterocycles. The predicted molar refractivity (Wildman–Crippen MR) is 147 cm³/mol. The molecule has 0 aliphatic rings. The number of nitrogens with zero attached hydrogens (tertiary/aromatic N) is 2. The third-order valence-electron chi connectivity index (χ3n) is 6.04. The first-order chi connectivity index (χ1) is 16.8. The minimum absolute atomic E-state index is 0.0122. The summed E-state index contributed by atoms with van der Waals surface area (Å²) in [5.41, 5.74) is 5.02. The third-order valence-corrected chi connectivity index (χ3v) is 6.04. The first-order valence-corrected chi connectivity index (χ1v) is 11.9. The Morgan fingerprint density at radius 2 is 1.63 bits per heavy atom. The molecular formula is C30H33N3O2. The Morgan fingerprint density at radius 3 is 2.34 bits per heavy atom. The van der Waals surface area contributed by atoms with Crippen LogP contribution in [0.1, 0.15) is 11.1 Å². The molecule has 1 heterocycles. The highest BCUT2D eigenvalue weighted by atomic mass is 16.5. The van der Waals surface area contributed by atoms with Crippen molar-refractivity contribution in [2.45, 2.75) is 13.8 Å². The Labute approximate surface area is 207 Å². The Hall–Kier alpha value is -3.83. The van der Waals surface area contributed by atoms with Gasteiger partial charge in [-0.15, -0.1) is 0 Å². The molecule has 180 valence electrons. The van der Waals surface area contributed by atoms with Crippen LogP contribution in [0.15, 0.2) is 83.8 Å². The molecule has 1 N–H and O–H groups in total. The normalized spacial score (nSPS) is 11.5. The van der Waals surface area contributed by atoms with E-state index in [-0.39, 0.29) is 5.56 Å². The van der Waals surface area contributed by atoms with Gasteiger partial charge in [-0.2, -0.15) is 0 Å². The van der Waals surface area contributed by atoms with Gasteiger partial charge in [-0.05, 0) is 68.7 Å². The summed E-state index contributed by atoms with van der Waals surface area (Å²) in [5.74, 6) is 1.61. The molecule has 0 saturated carbocycles. The van der Waals surface area contributed by atoms with Crippen molar-refractivity contribution in [3.63, 3.8) is 0 Å². The minimum atomic E-state index is -0.0122. The molecular weight excluding hydrogens is 434 g/mol. The standard InChI is InChI=1S/C30H33N3O2/c1-21-11-10-12-22(2)29(21)35-28-16-15-23(31-17-8-9-18-32(3)4)19-26(28)27-20-33(5)30(34)25-14-7-6-13-24(25)27/h6-16,19-20,31H,17-18H2,1-5H3/b9-8+. The van der Waals surface area contributed by atoms with Gasteiger partial charge in [0.1, 0.15) is 11.5 Å². The molecule has 3 aromatic carbocycles. The summed E-state index contributed by atoms with van der Waals surface area (Å²) in [6, 6.07) is 20.0. The zero-order valence-corrected chi connectivity index (χ0v) is 21.1. The number of hydrogen-bond donors (Lipinski definition) is 1. The van der Waals surface area contributed by atoms with Gasteiger partial charge in [0.05, 0.1) is 0 Å². The predicted octanol–water partition coefficient (Wildman–Crippen LogP) is 6.14. The van der Waals surface area contributed by atoms with Gasteiger partial charge in [0.2, 0.25) is 0 Å². The number of hydrogen-bond acceptors (Lipinski definition) is 4. The van der Waals surface area contributed by atoms with Crippen molar-refractivity contribution in [3.8, 4) is 22.6 Å². The Kier molecular flexibility index (Phi) is 7.37. The van der Waals surface area contributed by atoms with Crippen molar-refractivity contribution in [2.75, 3.05) is 32.5 Å². The second-order valence-electron chi connectivity index (χ2n) is 9.15. The monoisotopic (exact) mass is 467 g/mol. The van der Waals surface area contributed by atoms with Crippen LogP contribution in [0.3, 0.4) is 0 Å². The topological polar surface area (TPSA) is 46.5 Å². The van der Waals surface area contributed by atoms with E-state index in [1.165, 1.54) is 0 Å². The molecule has 35 heavy (non-hydrogen) atoms. The van der Waals surface area contributed by atoms with Crippen LogP contribution in [0.5, 0.6) is 11.5 Å². The molecule has 0 atom stereocenters. The van der Waals surface area contributed by atoms with Gasteiger partial charge in [-0.3, -0.25) is 4.79 Å². The van der Waals surface area contributed by atoms with Gasteiger partial charge >= 0.3 is 0 Å². The number of para-hydroxylation sites is 1. The van der Waals surface area contributed by atoms with E-state index in [1.54, 1.807) is 11.6 Å². The summed E-state index contributed by atoms with van der Waals surface area (Å²) in [6.45, 7) is 5.73. The number of nitrogens with one attached hydrogen (secondary N) is 1. The number of ether oxygens (including phenoxy) is 1. The van der Waals surface area contributed by atoms with Crippen molar-refractivity contribution in [1.29, 1.82) is 0 Å². The van der Waals surface area contributed by atoms with Gasteiger partial charge in [-0.25, -0.2) is 0 Å². The van der Waals surface area contributed by atoms with E-state index in [4.69, 9.17) is 4.74 Å². The Balaban J connectivity index is 1.81. The van der Waals surface area contributed by atoms with Gasteiger partial charge in [0.15, 0.2) is 0 Å². The van der Waals surface area contributed by atoms with E-state index >= 15 is 0 Å². The van der Waals surface area contributed by atoms with Gasteiger partial charge < -0.3 is 19.5 Å². The molecule has 0 amide bonds. The smallest absolute Gasteiger partial charge is 0.258 e. The molecule has 4 aromatic rings. The number of aromatic nitrogens is 1. The van der Waals surface area contributed by atoms with Crippen molar-refractivity contribution < 1.29 is 4.74 Å². The molecule has 0 radical (unpaired) electrons. The zero-order valence-electron chi connectivity index (χ0n) is 21.1. The lowest BCUT2D eigenvalue weighted by atomic mass is 9.99. The minimum Gasteiger partial charge on any atom is -0.456 e. The van der Waals surface area contributed by atoms with Gasteiger partial charge in [0, 0.05) is 48.5 Å². The van der Waals surface area contributed by atoms with Crippen LogP contribution in [0.25, 0.3) is 21.9 Å². The highest BCUT2D eigenvalue weighted by molar-refractivity contribution is 5.97. The van der Waals surface area contributed by atoms with E-state index in [2.05, 4.69) is 68.5 Å². The number of likely N-dealkylation sites (N-methyl/N-ethyl adjacent to an activating group) is 1. The summed E-state index contributed by atoms with van der Waals surface area (Å²) in [4.78, 5) is 14.9. The molecule has 0 aliphatic heterocycles. The Bertz CT molecular complexity index is 1410. The molecule has 0 aliphatic carbocycles. The van der Waals surface area contributed by atoms with Gasteiger partial charge in [0.25, 0.3) is 5.56 Å². The molecule has 5 heteroatoms. The van der Waals surface area contributed by atoms with Crippen molar-refractivity contribution in [1.82, 2.24) is 9.47 Å². The highest BCUT2D eigenvalue weighted by Gasteiger charge is 2.16. The van der Waals surface area contributed by atoms with Crippen LogP contribution in [0.2, 0.25) is 0 Å². The molecule has 5 nitrogen and oxygen atoms in total. The average molecular weight is 468 g/mol. The van der Waals surface area contributed by atoms with Crippen LogP contribution < -0.4 is 15.6 Å². The lowest BCUT2D eigenvalue weighted by Crippen LogP contribution is -2.16. The average Bonchev–Trinajstić information content (AvgIpc) is 2.84. The largest absolute Gasteiger partial charge is 0.456 e. The number of fused-ring (bicyclic) bond motifs is 1. The van der Waals surface area contributed by atoms with E-state index in [1.807, 2.05) is 48.7 Å². The fourth-order valence-electron chi connectivity index (χ4n) is 4.19. The molecule has 4 rings (SSSR count). The highest BCUT2D eigenvalue weighted by Crippen LogP contribution is 2.39. The maximum Gasteiger partial charge on any atom is 0.258 e. The lowest BCUT2D eigenvalue weighted by Gasteiger charge is -2.18. The van der Waals surface area contributed by atoms with Crippen LogP contribution in [0.4, 0.5) is 5.69 Å². The summed E-state index contributed by atoms with van der Waals surface area (Å²) in [7, 11) is 5.90. The molecule has 0 bridgehead atoms. The second-order valence-corrected chi connectivity index (χ2v) is 9.15. The van der Waals surface area contributed by atoms with E-state index in [0.29, 0.717) is 5.39 Å². The first-order valence-electron chi connectivity index (χ1n) is 11.9. The summed E-state index contributed by atoms with van der Waals surface area (Å²) in [5, 5.41) is 5.08. The maximum absolute atomic E-state index is 12.8. The van der Waals surface area contributed by atoms with E-state index in [0.717, 1.165) is 57.9 Å². The summed E-state index contributed by atoms with van der Waals surface area (Å²) < 4.78 is 8.18. The number of aryl methyl sites for hydroxylation is 3. The molecule has 0 fully saturated rings. The zero-order chi connectivity index (χ0) is 24.9. The quantitative estimate of drug-likeness (QED) is 0.316. The van der Waals surface area contributed by atoms with Crippen LogP contribution in [0, 0.1) is 13.8 Å². The number of pyridine rings is 1. The van der Waals surface area contributed by atoms with Crippen molar-refractivity contribution in [3.05, 3.63) is 100 Å². The van der Waals surface area contributed by atoms with Gasteiger partial charge in [-0.1, -0.05) is 48.6 Å². The van der Waals surface area contributed by atoms with E-state index < -0.39 is 0 Å². The summed E-state index contributed by atoms with van der Waals surface area (Å²) in [6.07, 6.45) is 6.17. The number of anilines is 1. The second kappa shape index (κ2) is 10.6. The Morgan fingerprint density at radius 1 is 0.914 bits per heavy atom. The third kappa shape index (κ3) is 5.47. The molecule has 0 spiro atoms. The van der Waals surface area contributed by atoms with Crippen LogP contribution >= 0.6 is 0 Å². The number of benzene rings is 3. The fourth-order valence-corrected chi connectivity index (χ4v) is 4.19. The molecule has 0 unspecified atom stereocenters. The van der Waals surface area contributed by atoms with E-state index in [9.17, 15) is 4.79 Å². The first kappa shape index (κ1) is 24.3. The van der Waals surface area contributed by atoms with Crippen LogP contribution in [-0.2, 0) is 7.05 Å². The molecule has 0 saturated heterocycles. The lowest BCUT2D eigenvalue weighted by molar-refractivity contribution is 0.456. The maximum atomic E-state index is 12.8. The van der Waals surface area contributed by atoms with Crippen molar-refractivity contribution in [2.24, 2.45) is 7.05 Å². The fraction of sp³-hybridized carbons (Fsp3) is 0.233.